The Balaban J connectivity index is 2.34. The van der Waals surface area contributed by atoms with Crippen molar-refractivity contribution in [1.82, 2.24) is 4.98 Å². The van der Waals surface area contributed by atoms with Gasteiger partial charge >= 0.3 is 5.69 Å². The molecule has 0 atom stereocenters. The lowest BCUT2D eigenvalue weighted by Gasteiger charge is -2.02. The van der Waals surface area contributed by atoms with Gasteiger partial charge in [-0.05, 0) is 24.3 Å². The first-order valence-electron chi connectivity index (χ1n) is 4.80. The average Bonchev–Trinajstić information content (AvgIpc) is 2.34. The summed E-state index contributed by atoms with van der Waals surface area (Å²) in [7, 11) is 0. The van der Waals surface area contributed by atoms with Crippen molar-refractivity contribution in [2.24, 2.45) is 0 Å². The molecule has 0 aliphatic rings. The van der Waals surface area contributed by atoms with Gasteiger partial charge in [0.25, 0.3) is 0 Å². The Hall–Kier alpha value is -1.66. The van der Waals surface area contributed by atoms with Gasteiger partial charge in [0.2, 0.25) is 0 Å². The predicted molar refractivity (Wildman–Crippen MR) is 66.4 cm³/mol. The molecule has 7 heteroatoms. The molecule has 0 N–H and O–H groups in total. The minimum Gasteiger partial charge on any atom is -0.258 e. The van der Waals surface area contributed by atoms with Crippen LogP contribution in [0.2, 0.25) is 5.02 Å². The molecular formula is C11H6ClFN2O2S. The molecule has 0 saturated heterocycles. The van der Waals surface area contributed by atoms with Crippen LogP contribution < -0.4 is 0 Å². The van der Waals surface area contributed by atoms with Gasteiger partial charge in [-0.15, -0.1) is 0 Å². The van der Waals surface area contributed by atoms with Gasteiger partial charge in [0.1, 0.15) is 5.82 Å². The first-order chi connectivity index (χ1) is 8.58. The Bertz CT molecular complexity index is 609. The van der Waals surface area contributed by atoms with Crippen molar-refractivity contribution in [3.05, 3.63) is 57.5 Å². The summed E-state index contributed by atoms with van der Waals surface area (Å²) >= 11 is 6.70. The number of aromatic nitrogens is 1. The Morgan fingerprint density at radius 2 is 2.17 bits per heavy atom. The number of hydrogen-bond donors (Lipinski definition) is 0. The largest absolute Gasteiger partial charge is 0.301 e. The molecule has 1 aromatic heterocycles. The fraction of sp³-hybridized carbons (Fsp3) is 0. The zero-order chi connectivity index (χ0) is 13.1. The van der Waals surface area contributed by atoms with Crippen molar-refractivity contribution in [2.75, 3.05) is 0 Å². The highest BCUT2D eigenvalue weighted by molar-refractivity contribution is 7.99. The first kappa shape index (κ1) is 12.8. The van der Waals surface area contributed by atoms with Crippen LogP contribution in [-0.2, 0) is 0 Å². The summed E-state index contributed by atoms with van der Waals surface area (Å²) in [4.78, 5) is 14.8. The van der Waals surface area contributed by atoms with Gasteiger partial charge in [0, 0.05) is 17.2 Å². The van der Waals surface area contributed by atoms with Crippen molar-refractivity contribution in [2.45, 2.75) is 9.92 Å². The lowest BCUT2D eigenvalue weighted by atomic mass is 10.3. The number of nitro groups is 1. The van der Waals surface area contributed by atoms with Crippen LogP contribution in [0.4, 0.5) is 10.1 Å². The van der Waals surface area contributed by atoms with E-state index in [0.717, 1.165) is 11.8 Å². The second kappa shape index (κ2) is 5.32. The van der Waals surface area contributed by atoms with Gasteiger partial charge in [-0.2, -0.15) is 0 Å². The molecule has 1 heterocycles. The average molecular weight is 285 g/mol. The SMILES string of the molecule is O=[N+]([O-])c1cccnc1Sc1ccc(F)c(Cl)c1. The fourth-order valence-corrected chi connectivity index (χ4v) is 2.39. The Morgan fingerprint density at radius 1 is 1.39 bits per heavy atom. The molecule has 0 unspecified atom stereocenters. The lowest BCUT2D eigenvalue weighted by Crippen LogP contribution is -1.92. The first-order valence-corrected chi connectivity index (χ1v) is 5.99. The minimum absolute atomic E-state index is 0.0291. The van der Waals surface area contributed by atoms with Crippen LogP contribution in [0.25, 0.3) is 0 Å². The zero-order valence-electron chi connectivity index (χ0n) is 8.84. The second-order valence-corrected chi connectivity index (χ2v) is 4.73. The molecule has 0 spiro atoms. The Labute approximate surface area is 111 Å². The number of halogens is 2. The van der Waals surface area contributed by atoms with Crippen LogP contribution >= 0.6 is 23.4 Å². The van der Waals surface area contributed by atoms with Gasteiger partial charge in [0.15, 0.2) is 5.03 Å². The van der Waals surface area contributed by atoms with Crippen LogP contribution in [0.1, 0.15) is 0 Å². The lowest BCUT2D eigenvalue weighted by molar-refractivity contribution is -0.388. The third-order valence-electron chi connectivity index (χ3n) is 2.05. The maximum absolute atomic E-state index is 13.0. The summed E-state index contributed by atoms with van der Waals surface area (Å²) in [5.41, 5.74) is -0.0945. The molecule has 1 aromatic carbocycles. The number of nitrogens with zero attached hydrogens (tertiary/aromatic N) is 2. The second-order valence-electron chi connectivity index (χ2n) is 3.26. The molecule has 0 saturated carbocycles. The van der Waals surface area contributed by atoms with Crippen LogP contribution in [0.3, 0.4) is 0 Å². The van der Waals surface area contributed by atoms with E-state index in [1.165, 1.54) is 36.5 Å². The Morgan fingerprint density at radius 3 is 2.83 bits per heavy atom. The highest BCUT2D eigenvalue weighted by atomic mass is 35.5. The molecule has 0 radical (unpaired) electrons. The summed E-state index contributed by atoms with van der Waals surface area (Å²) < 4.78 is 13.0. The molecule has 18 heavy (non-hydrogen) atoms. The van der Waals surface area contributed by atoms with E-state index in [1.54, 1.807) is 0 Å². The molecule has 0 aliphatic carbocycles. The van der Waals surface area contributed by atoms with Crippen LogP contribution in [0, 0.1) is 15.9 Å². The van der Waals surface area contributed by atoms with Crippen molar-refractivity contribution in [3.8, 4) is 0 Å². The van der Waals surface area contributed by atoms with E-state index in [4.69, 9.17) is 11.6 Å². The van der Waals surface area contributed by atoms with E-state index in [-0.39, 0.29) is 15.7 Å². The molecule has 0 bridgehead atoms. The van der Waals surface area contributed by atoms with E-state index >= 15 is 0 Å². The van der Waals surface area contributed by atoms with Crippen LogP contribution in [0.15, 0.2) is 46.5 Å². The normalized spacial score (nSPS) is 10.3. The highest BCUT2D eigenvalue weighted by Crippen LogP contribution is 2.34. The van der Waals surface area contributed by atoms with Gasteiger partial charge in [-0.25, -0.2) is 9.37 Å². The molecule has 92 valence electrons. The molecule has 0 amide bonds. The number of pyridine rings is 1. The number of rotatable bonds is 3. The third-order valence-corrected chi connectivity index (χ3v) is 3.34. The van der Waals surface area contributed by atoms with Gasteiger partial charge < -0.3 is 0 Å². The minimum atomic E-state index is -0.531. The van der Waals surface area contributed by atoms with Gasteiger partial charge in [-0.1, -0.05) is 23.4 Å². The number of hydrogen-bond acceptors (Lipinski definition) is 4. The van der Waals surface area contributed by atoms with Gasteiger partial charge in [-0.3, -0.25) is 10.1 Å². The van der Waals surface area contributed by atoms with E-state index in [2.05, 4.69) is 4.98 Å². The molecule has 4 nitrogen and oxygen atoms in total. The molecule has 0 aliphatic heterocycles. The van der Waals surface area contributed by atoms with E-state index < -0.39 is 10.7 Å². The molecule has 2 rings (SSSR count). The standard InChI is InChI=1S/C11H6ClFN2O2S/c12-8-6-7(3-4-9(8)13)18-11-10(15(16)17)2-1-5-14-11/h1-6H. The summed E-state index contributed by atoms with van der Waals surface area (Å²) in [6, 6.07) is 6.95. The topological polar surface area (TPSA) is 56.0 Å². The quantitative estimate of drug-likeness (QED) is 0.633. The summed E-state index contributed by atoms with van der Waals surface area (Å²) in [5.74, 6) is -0.531. The number of benzene rings is 1. The van der Waals surface area contributed by atoms with E-state index in [9.17, 15) is 14.5 Å². The fourth-order valence-electron chi connectivity index (χ4n) is 1.25. The molecule has 0 fully saturated rings. The molecule has 2 aromatic rings. The smallest absolute Gasteiger partial charge is 0.258 e. The third kappa shape index (κ3) is 2.77. The van der Waals surface area contributed by atoms with Crippen molar-refractivity contribution in [1.29, 1.82) is 0 Å². The Kier molecular flexibility index (Phi) is 3.78. The van der Waals surface area contributed by atoms with Crippen molar-refractivity contribution < 1.29 is 9.31 Å². The van der Waals surface area contributed by atoms with E-state index in [1.807, 2.05) is 0 Å². The van der Waals surface area contributed by atoms with Gasteiger partial charge in [0.05, 0.1) is 9.95 Å². The zero-order valence-corrected chi connectivity index (χ0v) is 10.4. The highest BCUT2D eigenvalue weighted by Gasteiger charge is 2.15. The maximum atomic E-state index is 13.0. The maximum Gasteiger partial charge on any atom is 0.301 e. The predicted octanol–water partition coefficient (Wildman–Crippen LogP) is 3.93. The molecular weight excluding hydrogens is 279 g/mol. The van der Waals surface area contributed by atoms with Crippen molar-refractivity contribution in [3.63, 3.8) is 0 Å². The summed E-state index contributed by atoms with van der Waals surface area (Å²) in [6.45, 7) is 0. The summed E-state index contributed by atoms with van der Waals surface area (Å²) in [6.07, 6.45) is 1.46. The van der Waals surface area contributed by atoms with Crippen molar-refractivity contribution >= 4 is 29.1 Å². The van der Waals surface area contributed by atoms with E-state index in [0.29, 0.717) is 4.90 Å². The van der Waals surface area contributed by atoms with Crippen LogP contribution in [0.5, 0.6) is 0 Å². The summed E-state index contributed by atoms with van der Waals surface area (Å²) in [5, 5.41) is 11.0. The monoisotopic (exact) mass is 284 g/mol. The van der Waals surface area contributed by atoms with Crippen LogP contribution in [-0.4, -0.2) is 9.91 Å².